The van der Waals surface area contributed by atoms with E-state index >= 15 is 0 Å². The van der Waals surface area contributed by atoms with E-state index in [1.807, 2.05) is 26.8 Å². The molecule has 3 rings (SSSR count). The maximum atomic E-state index is 12.8. The lowest BCUT2D eigenvalue weighted by Crippen LogP contribution is -2.42. The minimum Gasteiger partial charge on any atom is -0.376 e. The summed E-state index contributed by atoms with van der Waals surface area (Å²) in [7, 11) is 0. The van der Waals surface area contributed by atoms with Crippen molar-refractivity contribution in [2.75, 3.05) is 6.61 Å². The Morgan fingerprint density at radius 3 is 2.62 bits per heavy atom. The van der Waals surface area contributed by atoms with Gasteiger partial charge in [0.25, 0.3) is 11.5 Å². The highest BCUT2D eigenvalue weighted by Crippen LogP contribution is 2.18. The van der Waals surface area contributed by atoms with Gasteiger partial charge in [-0.05, 0) is 39.7 Å². The third kappa shape index (κ3) is 3.06. The van der Waals surface area contributed by atoms with Gasteiger partial charge in [-0.3, -0.25) is 9.59 Å². The number of nitrogens with one attached hydrogen (secondary N) is 1. The van der Waals surface area contributed by atoms with Crippen LogP contribution in [-0.4, -0.2) is 34.4 Å². The van der Waals surface area contributed by atoms with Crippen LogP contribution in [0.4, 0.5) is 0 Å². The van der Waals surface area contributed by atoms with Crippen LogP contribution in [0, 0.1) is 0 Å². The molecule has 128 valence electrons. The number of hydrogen-bond acceptors (Lipinski definition) is 4. The maximum Gasteiger partial charge on any atom is 0.274 e. The molecule has 1 aromatic heterocycles. The normalized spacial score (nSPS) is 18.9. The number of carbonyl (C=O) groups excluding carboxylic acids is 1. The number of nitrogens with zero attached hydrogens (tertiary/aromatic N) is 2. The van der Waals surface area contributed by atoms with Gasteiger partial charge < -0.3 is 10.1 Å². The summed E-state index contributed by atoms with van der Waals surface area (Å²) in [5.74, 6) is -0.274. The summed E-state index contributed by atoms with van der Waals surface area (Å²) in [6.07, 6.45) is 2.00. The Morgan fingerprint density at radius 1 is 1.29 bits per heavy atom. The predicted molar refractivity (Wildman–Crippen MR) is 92.3 cm³/mol. The molecule has 0 aliphatic carbocycles. The Balaban J connectivity index is 1.99. The molecule has 0 radical (unpaired) electrons. The molecule has 0 saturated carbocycles. The van der Waals surface area contributed by atoms with Gasteiger partial charge in [0.2, 0.25) is 0 Å². The highest BCUT2D eigenvalue weighted by molar-refractivity contribution is 6.04. The minimum absolute atomic E-state index is 0.0382. The summed E-state index contributed by atoms with van der Waals surface area (Å²) in [5.41, 5.74) is 0.105. The third-order valence-corrected chi connectivity index (χ3v) is 4.41. The second-order valence-corrected chi connectivity index (χ2v) is 6.55. The number of ether oxygens (including phenoxy) is 1. The van der Waals surface area contributed by atoms with Gasteiger partial charge in [-0.2, -0.15) is 5.10 Å². The van der Waals surface area contributed by atoms with Crippen molar-refractivity contribution in [1.29, 1.82) is 0 Å². The lowest BCUT2D eigenvalue weighted by atomic mass is 10.1. The molecule has 1 aliphatic rings. The van der Waals surface area contributed by atoms with E-state index in [9.17, 15) is 9.59 Å². The number of hydrogen-bond donors (Lipinski definition) is 1. The van der Waals surface area contributed by atoms with Crippen molar-refractivity contribution >= 4 is 16.7 Å². The minimum atomic E-state index is -0.274. The lowest BCUT2D eigenvalue weighted by molar-refractivity contribution is 0.0709. The number of benzene rings is 1. The molecule has 0 unspecified atom stereocenters. The first-order valence-electron chi connectivity index (χ1n) is 8.43. The molecule has 1 fully saturated rings. The largest absolute Gasteiger partial charge is 0.376 e. The molecule has 0 spiro atoms. The van der Waals surface area contributed by atoms with Crippen LogP contribution < -0.4 is 10.9 Å². The monoisotopic (exact) mass is 329 g/mol. The smallest absolute Gasteiger partial charge is 0.274 e. The molecule has 1 aromatic carbocycles. The molecule has 1 amide bonds. The SMILES string of the molecule is CC(C)n1nc(C(=O)N[C@@H](C)[C@@H]2CCCO2)c2ccccc2c1=O. The van der Waals surface area contributed by atoms with Crippen LogP contribution in [-0.2, 0) is 4.74 Å². The van der Waals surface area contributed by atoms with Gasteiger partial charge in [0.15, 0.2) is 5.69 Å². The molecule has 1 aliphatic heterocycles. The first-order chi connectivity index (χ1) is 11.5. The van der Waals surface area contributed by atoms with Crippen LogP contribution in [0.3, 0.4) is 0 Å². The summed E-state index contributed by atoms with van der Waals surface area (Å²) in [6, 6.07) is 6.89. The van der Waals surface area contributed by atoms with Crippen LogP contribution in [0.25, 0.3) is 10.8 Å². The van der Waals surface area contributed by atoms with Gasteiger partial charge in [-0.15, -0.1) is 0 Å². The highest BCUT2D eigenvalue weighted by Gasteiger charge is 2.26. The van der Waals surface area contributed by atoms with Crippen molar-refractivity contribution in [2.45, 2.75) is 51.8 Å². The van der Waals surface area contributed by atoms with Crippen molar-refractivity contribution in [3.8, 4) is 0 Å². The maximum absolute atomic E-state index is 12.8. The number of aromatic nitrogens is 2. The van der Waals surface area contributed by atoms with Crippen molar-refractivity contribution in [3.63, 3.8) is 0 Å². The van der Waals surface area contributed by atoms with Crippen molar-refractivity contribution in [3.05, 3.63) is 40.3 Å². The third-order valence-electron chi connectivity index (χ3n) is 4.41. The van der Waals surface area contributed by atoms with Crippen LogP contribution >= 0.6 is 0 Å². The molecule has 2 aromatic rings. The van der Waals surface area contributed by atoms with Crippen LogP contribution in [0.15, 0.2) is 29.1 Å². The molecule has 1 N–H and O–H groups in total. The Hall–Kier alpha value is -2.21. The van der Waals surface area contributed by atoms with Gasteiger partial charge in [0.05, 0.1) is 23.6 Å². The molecule has 1 saturated heterocycles. The van der Waals surface area contributed by atoms with Gasteiger partial charge in [0, 0.05) is 12.0 Å². The first-order valence-corrected chi connectivity index (χ1v) is 8.43. The summed E-state index contributed by atoms with van der Waals surface area (Å²) < 4.78 is 7.00. The summed E-state index contributed by atoms with van der Waals surface area (Å²) in [5, 5.41) is 8.40. The fourth-order valence-corrected chi connectivity index (χ4v) is 3.09. The van der Waals surface area contributed by atoms with Crippen LogP contribution in [0.5, 0.6) is 0 Å². The Labute approximate surface area is 140 Å². The summed E-state index contributed by atoms with van der Waals surface area (Å²) in [4.78, 5) is 25.3. The van der Waals surface area contributed by atoms with Gasteiger partial charge in [-0.25, -0.2) is 4.68 Å². The topological polar surface area (TPSA) is 73.2 Å². The van der Waals surface area contributed by atoms with Gasteiger partial charge >= 0.3 is 0 Å². The molecule has 2 atom stereocenters. The molecule has 24 heavy (non-hydrogen) atoms. The average Bonchev–Trinajstić information content (AvgIpc) is 3.09. The van der Waals surface area contributed by atoms with Crippen LogP contribution in [0.1, 0.15) is 50.1 Å². The molecule has 2 heterocycles. The number of carbonyl (C=O) groups is 1. The first kappa shape index (κ1) is 16.6. The zero-order valence-corrected chi connectivity index (χ0v) is 14.3. The van der Waals surface area contributed by atoms with E-state index < -0.39 is 0 Å². The number of rotatable bonds is 4. The summed E-state index contributed by atoms with van der Waals surface area (Å²) in [6.45, 7) is 6.43. The molecule has 6 heteroatoms. The van der Waals surface area contributed by atoms with E-state index in [0.717, 1.165) is 19.4 Å². The Bertz CT molecular complexity index is 807. The lowest BCUT2D eigenvalue weighted by Gasteiger charge is -2.20. The van der Waals surface area contributed by atoms with E-state index in [0.29, 0.717) is 10.8 Å². The second kappa shape index (κ2) is 6.73. The molecule has 0 bridgehead atoms. The van der Waals surface area contributed by atoms with E-state index in [2.05, 4.69) is 10.4 Å². The quantitative estimate of drug-likeness (QED) is 0.934. The van der Waals surface area contributed by atoms with Gasteiger partial charge in [0.1, 0.15) is 0 Å². The standard InChI is InChI=1S/C18H23N3O3/c1-11(2)21-18(23)14-8-5-4-7-13(14)16(20-21)17(22)19-12(3)15-9-6-10-24-15/h4-5,7-8,11-12,15H,6,9-10H2,1-3H3,(H,19,22)/t12-,15-/m0/s1. The fourth-order valence-electron chi connectivity index (χ4n) is 3.09. The Kier molecular flexibility index (Phi) is 4.66. The van der Waals surface area contributed by atoms with E-state index in [4.69, 9.17) is 4.74 Å². The van der Waals surface area contributed by atoms with Crippen molar-refractivity contribution < 1.29 is 9.53 Å². The van der Waals surface area contributed by atoms with E-state index in [1.54, 1.807) is 18.2 Å². The zero-order valence-electron chi connectivity index (χ0n) is 14.3. The van der Waals surface area contributed by atoms with Crippen molar-refractivity contribution in [2.24, 2.45) is 0 Å². The Morgan fingerprint density at radius 2 is 2.00 bits per heavy atom. The van der Waals surface area contributed by atoms with Crippen LogP contribution in [0.2, 0.25) is 0 Å². The zero-order chi connectivity index (χ0) is 17.3. The average molecular weight is 329 g/mol. The number of fused-ring (bicyclic) bond motifs is 1. The van der Waals surface area contributed by atoms with E-state index in [1.165, 1.54) is 4.68 Å². The van der Waals surface area contributed by atoms with E-state index in [-0.39, 0.29) is 35.3 Å². The summed E-state index contributed by atoms with van der Waals surface area (Å²) >= 11 is 0. The van der Waals surface area contributed by atoms with Gasteiger partial charge in [-0.1, -0.05) is 18.2 Å². The number of amides is 1. The molecule has 6 nitrogen and oxygen atoms in total. The second-order valence-electron chi connectivity index (χ2n) is 6.55. The predicted octanol–water partition coefficient (Wildman–Crippen LogP) is 2.27. The molecular weight excluding hydrogens is 306 g/mol. The van der Waals surface area contributed by atoms with Crippen molar-refractivity contribution in [1.82, 2.24) is 15.1 Å². The highest BCUT2D eigenvalue weighted by atomic mass is 16.5. The molecular formula is C18H23N3O3. The fraction of sp³-hybridized carbons (Fsp3) is 0.500.